The molecule has 0 aliphatic rings. The molecule has 0 N–H and O–H groups in total. The molecule has 74 valence electrons. The minimum atomic E-state index is 0.654. The maximum absolute atomic E-state index is 4.46. The number of aryl methyl sites for hydroxylation is 1. The molecule has 2 aromatic rings. The van der Waals surface area contributed by atoms with Gasteiger partial charge < -0.3 is 0 Å². The minimum absolute atomic E-state index is 0.654. The average Bonchev–Trinajstić information content (AvgIpc) is 2.55. The van der Waals surface area contributed by atoms with Crippen LogP contribution < -0.4 is 0 Å². The topological polar surface area (TPSA) is 12.9 Å². The van der Waals surface area contributed by atoms with Crippen LogP contribution in [0.4, 0.5) is 0 Å². The molecular formula is C12H15NS. The van der Waals surface area contributed by atoms with Gasteiger partial charge in [-0.05, 0) is 37.0 Å². The summed E-state index contributed by atoms with van der Waals surface area (Å²) in [5, 5.41) is 1.15. The summed E-state index contributed by atoms with van der Waals surface area (Å²) >= 11 is 1.78. The van der Waals surface area contributed by atoms with Gasteiger partial charge in [0.1, 0.15) is 0 Å². The van der Waals surface area contributed by atoms with Crippen molar-refractivity contribution in [1.82, 2.24) is 4.98 Å². The van der Waals surface area contributed by atoms with Gasteiger partial charge in [-0.3, -0.25) is 0 Å². The Morgan fingerprint density at radius 2 is 2.21 bits per heavy atom. The number of rotatable bonds is 2. The van der Waals surface area contributed by atoms with Crippen LogP contribution in [0.5, 0.6) is 0 Å². The Morgan fingerprint density at radius 1 is 1.43 bits per heavy atom. The van der Waals surface area contributed by atoms with E-state index in [1.54, 1.807) is 11.3 Å². The van der Waals surface area contributed by atoms with Crippen molar-refractivity contribution < 1.29 is 0 Å². The first-order valence-corrected chi connectivity index (χ1v) is 5.89. The van der Waals surface area contributed by atoms with E-state index in [0.717, 1.165) is 10.5 Å². The molecule has 0 spiro atoms. The van der Waals surface area contributed by atoms with Crippen LogP contribution in [0.15, 0.2) is 18.2 Å². The van der Waals surface area contributed by atoms with E-state index in [4.69, 9.17) is 0 Å². The van der Waals surface area contributed by atoms with Gasteiger partial charge in [-0.2, -0.15) is 0 Å². The van der Waals surface area contributed by atoms with Crippen molar-refractivity contribution >= 4 is 21.6 Å². The summed E-state index contributed by atoms with van der Waals surface area (Å²) in [5.41, 5.74) is 2.57. The maximum atomic E-state index is 4.46. The van der Waals surface area contributed by atoms with Gasteiger partial charge >= 0.3 is 0 Å². The largest absolute Gasteiger partial charge is 0.242 e. The number of aromatic nitrogens is 1. The third-order valence-electron chi connectivity index (χ3n) is 2.70. The molecule has 2 rings (SSSR count). The lowest BCUT2D eigenvalue weighted by Crippen LogP contribution is -1.89. The third kappa shape index (κ3) is 1.67. The van der Waals surface area contributed by atoms with Gasteiger partial charge in [-0.15, -0.1) is 11.3 Å². The van der Waals surface area contributed by atoms with Crippen molar-refractivity contribution in [2.75, 3.05) is 0 Å². The van der Waals surface area contributed by atoms with Crippen LogP contribution in [0.1, 0.15) is 36.8 Å². The zero-order chi connectivity index (χ0) is 10.1. The third-order valence-corrected chi connectivity index (χ3v) is 3.63. The van der Waals surface area contributed by atoms with E-state index in [1.165, 1.54) is 16.7 Å². The summed E-state index contributed by atoms with van der Waals surface area (Å²) in [6.45, 7) is 6.56. The fourth-order valence-electron chi connectivity index (χ4n) is 1.60. The van der Waals surface area contributed by atoms with E-state index in [1.807, 2.05) is 0 Å². The van der Waals surface area contributed by atoms with E-state index >= 15 is 0 Å². The Labute approximate surface area is 88.8 Å². The molecule has 2 heteroatoms. The fourth-order valence-corrected chi connectivity index (χ4v) is 2.47. The second-order valence-electron chi connectivity index (χ2n) is 3.77. The van der Waals surface area contributed by atoms with Crippen molar-refractivity contribution in [3.63, 3.8) is 0 Å². The number of fused-ring (bicyclic) bond motifs is 1. The van der Waals surface area contributed by atoms with Crippen LogP contribution in [-0.4, -0.2) is 4.98 Å². The molecule has 0 fully saturated rings. The highest BCUT2D eigenvalue weighted by Gasteiger charge is 2.05. The molecule has 1 atom stereocenters. The summed E-state index contributed by atoms with van der Waals surface area (Å²) in [6, 6.07) is 6.63. The summed E-state index contributed by atoms with van der Waals surface area (Å²) in [6.07, 6.45) is 1.20. The van der Waals surface area contributed by atoms with E-state index in [9.17, 15) is 0 Å². The smallest absolute Gasteiger partial charge is 0.0907 e. The zero-order valence-electron chi connectivity index (χ0n) is 8.87. The van der Waals surface area contributed by atoms with Crippen molar-refractivity contribution in [2.24, 2.45) is 0 Å². The van der Waals surface area contributed by atoms with Crippen LogP contribution in [0, 0.1) is 6.92 Å². The first-order chi connectivity index (χ1) is 6.70. The second kappa shape index (κ2) is 3.70. The molecule has 0 aliphatic heterocycles. The summed E-state index contributed by atoms with van der Waals surface area (Å²) in [5.74, 6) is 0.654. The van der Waals surface area contributed by atoms with Crippen LogP contribution in [0.3, 0.4) is 0 Å². The van der Waals surface area contributed by atoms with Gasteiger partial charge in [-0.1, -0.05) is 19.9 Å². The lowest BCUT2D eigenvalue weighted by atomic mass is 9.99. The quantitative estimate of drug-likeness (QED) is 0.718. The highest BCUT2D eigenvalue weighted by atomic mass is 32.1. The number of hydrogen-bond acceptors (Lipinski definition) is 2. The Balaban J connectivity index is 2.50. The molecule has 1 aromatic carbocycles. The predicted molar refractivity (Wildman–Crippen MR) is 63.1 cm³/mol. The normalized spacial score (nSPS) is 13.4. The SMILES string of the molecule is CCC(C)c1ccc2nc(C)sc2c1. The van der Waals surface area contributed by atoms with Crippen LogP contribution in [0.2, 0.25) is 0 Å². The van der Waals surface area contributed by atoms with E-state index in [-0.39, 0.29) is 0 Å². The number of hydrogen-bond donors (Lipinski definition) is 0. The van der Waals surface area contributed by atoms with Crippen LogP contribution in [-0.2, 0) is 0 Å². The van der Waals surface area contributed by atoms with Crippen molar-refractivity contribution in [1.29, 1.82) is 0 Å². The molecule has 14 heavy (non-hydrogen) atoms. The van der Waals surface area contributed by atoms with Crippen molar-refractivity contribution in [2.45, 2.75) is 33.1 Å². The summed E-state index contributed by atoms with van der Waals surface area (Å²) in [4.78, 5) is 4.46. The number of thiazole rings is 1. The zero-order valence-corrected chi connectivity index (χ0v) is 9.69. The Morgan fingerprint density at radius 3 is 2.93 bits per heavy atom. The van der Waals surface area contributed by atoms with Gasteiger partial charge in [-0.25, -0.2) is 4.98 Å². The highest BCUT2D eigenvalue weighted by molar-refractivity contribution is 7.18. The summed E-state index contributed by atoms with van der Waals surface area (Å²) < 4.78 is 1.32. The van der Waals surface area contributed by atoms with Crippen molar-refractivity contribution in [3.8, 4) is 0 Å². The molecule has 0 aliphatic carbocycles. The van der Waals surface area contributed by atoms with Gasteiger partial charge in [0, 0.05) is 0 Å². The van der Waals surface area contributed by atoms with Gasteiger partial charge in [0.25, 0.3) is 0 Å². The molecule has 0 bridgehead atoms. The molecule has 0 saturated carbocycles. The molecule has 0 saturated heterocycles. The molecule has 1 unspecified atom stereocenters. The first kappa shape index (κ1) is 9.66. The Kier molecular flexibility index (Phi) is 2.55. The van der Waals surface area contributed by atoms with Crippen LogP contribution >= 0.6 is 11.3 Å². The minimum Gasteiger partial charge on any atom is -0.242 e. The lowest BCUT2D eigenvalue weighted by molar-refractivity contribution is 0.735. The molecule has 0 amide bonds. The lowest BCUT2D eigenvalue weighted by Gasteiger charge is -2.07. The average molecular weight is 205 g/mol. The number of nitrogens with zero attached hydrogens (tertiary/aromatic N) is 1. The van der Waals surface area contributed by atoms with E-state index in [0.29, 0.717) is 5.92 Å². The van der Waals surface area contributed by atoms with E-state index < -0.39 is 0 Å². The molecular weight excluding hydrogens is 190 g/mol. The second-order valence-corrected chi connectivity index (χ2v) is 5.00. The standard InChI is InChI=1S/C12H15NS/c1-4-8(2)10-5-6-11-12(7-10)14-9(3)13-11/h5-8H,4H2,1-3H3. The van der Waals surface area contributed by atoms with Gasteiger partial charge in [0.15, 0.2) is 0 Å². The summed E-state index contributed by atoms with van der Waals surface area (Å²) in [7, 11) is 0. The monoisotopic (exact) mass is 205 g/mol. The predicted octanol–water partition coefficient (Wildman–Crippen LogP) is 4.12. The Bertz CT molecular complexity index is 445. The van der Waals surface area contributed by atoms with Crippen molar-refractivity contribution in [3.05, 3.63) is 28.8 Å². The van der Waals surface area contributed by atoms with Crippen LogP contribution in [0.25, 0.3) is 10.2 Å². The fraction of sp³-hybridized carbons (Fsp3) is 0.417. The molecule has 1 aromatic heterocycles. The van der Waals surface area contributed by atoms with E-state index in [2.05, 4.69) is 44.0 Å². The highest BCUT2D eigenvalue weighted by Crippen LogP contribution is 2.27. The number of benzene rings is 1. The first-order valence-electron chi connectivity index (χ1n) is 5.07. The Hall–Kier alpha value is -0.890. The molecule has 1 nitrogen and oxygen atoms in total. The molecule has 0 radical (unpaired) electrons. The molecule has 1 heterocycles. The van der Waals surface area contributed by atoms with Gasteiger partial charge in [0.2, 0.25) is 0 Å². The maximum Gasteiger partial charge on any atom is 0.0907 e. The van der Waals surface area contributed by atoms with Gasteiger partial charge in [0.05, 0.1) is 15.2 Å².